The molecule has 0 unspecified atom stereocenters. The summed E-state index contributed by atoms with van der Waals surface area (Å²) in [6, 6.07) is 63.2. The molecular weight excluding hydrogens is 589 g/mol. The molecule has 0 nitrogen and oxygen atoms in total. The molecule has 0 spiro atoms. The third-order valence-electron chi connectivity index (χ3n) is 11.0. The number of hydrogen-bond donors (Lipinski definition) is 0. The van der Waals surface area contributed by atoms with Crippen molar-refractivity contribution in [3.63, 3.8) is 0 Å². The van der Waals surface area contributed by atoms with Gasteiger partial charge in [0.15, 0.2) is 0 Å². The highest BCUT2D eigenvalue weighted by molar-refractivity contribution is 6.20. The van der Waals surface area contributed by atoms with Gasteiger partial charge in [0.05, 0.1) is 0 Å². The van der Waals surface area contributed by atoms with Gasteiger partial charge >= 0.3 is 0 Å². The lowest BCUT2D eigenvalue weighted by atomic mass is 9.79. The summed E-state index contributed by atoms with van der Waals surface area (Å²) < 4.78 is 0. The van der Waals surface area contributed by atoms with E-state index >= 15 is 0 Å². The summed E-state index contributed by atoms with van der Waals surface area (Å²) in [4.78, 5) is 0. The van der Waals surface area contributed by atoms with Crippen molar-refractivity contribution in [2.24, 2.45) is 0 Å². The minimum atomic E-state index is -0.112. The fraction of sp³-hybridized carbons (Fsp3) is 0.0612. The molecule has 10 rings (SSSR count). The number of benzene rings is 9. The van der Waals surface area contributed by atoms with Gasteiger partial charge in [-0.25, -0.2) is 0 Å². The smallest absolute Gasteiger partial charge is 0.0165 e. The lowest BCUT2D eigenvalue weighted by Gasteiger charge is -2.24. The van der Waals surface area contributed by atoms with Gasteiger partial charge < -0.3 is 0 Å². The van der Waals surface area contributed by atoms with Gasteiger partial charge in [-0.15, -0.1) is 0 Å². The van der Waals surface area contributed by atoms with E-state index in [0.29, 0.717) is 0 Å². The van der Waals surface area contributed by atoms with Gasteiger partial charge in [0.1, 0.15) is 0 Å². The normalized spacial score (nSPS) is 13.3. The summed E-state index contributed by atoms with van der Waals surface area (Å²) >= 11 is 0. The molecule has 9 aromatic rings. The van der Waals surface area contributed by atoms with Crippen LogP contribution < -0.4 is 0 Å². The summed E-state index contributed by atoms with van der Waals surface area (Å²) in [6.45, 7) is 4.79. The Kier molecular flexibility index (Phi) is 6.02. The molecule has 1 aliphatic carbocycles. The molecule has 0 fully saturated rings. The third kappa shape index (κ3) is 4.17. The van der Waals surface area contributed by atoms with Crippen LogP contribution in [0.5, 0.6) is 0 Å². The van der Waals surface area contributed by atoms with E-state index in [2.05, 4.69) is 184 Å². The summed E-state index contributed by atoms with van der Waals surface area (Å²) in [5.74, 6) is 0. The van der Waals surface area contributed by atoms with Crippen molar-refractivity contribution in [2.75, 3.05) is 0 Å². The van der Waals surface area contributed by atoms with Crippen LogP contribution in [0.1, 0.15) is 25.0 Å². The zero-order valence-electron chi connectivity index (χ0n) is 27.7. The Hall–Kier alpha value is -5.98. The fourth-order valence-corrected chi connectivity index (χ4v) is 8.71. The summed E-state index contributed by atoms with van der Waals surface area (Å²) in [5.41, 5.74) is 12.9. The monoisotopic (exact) mass is 622 g/mol. The van der Waals surface area contributed by atoms with E-state index in [1.165, 1.54) is 98.7 Å². The van der Waals surface area contributed by atoms with Crippen molar-refractivity contribution < 1.29 is 0 Å². The molecule has 0 saturated carbocycles. The average Bonchev–Trinajstić information content (AvgIpc) is 3.39. The Morgan fingerprint density at radius 2 is 0.939 bits per heavy atom. The maximum Gasteiger partial charge on any atom is 0.0165 e. The van der Waals surface area contributed by atoms with E-state index in [-0.39, 0.29) is 5.41 Å². The third-order valence-corrected chi connectivity index (χ3v) is 11.0. The average molecular weight is 623 g/mol. The van der Waals surface area contributed by atoms with Crippen LogP contribution in [-0.2, 0) is 5.41 Å². The van der Waals surface area contributed by atoms with Crippen molar-refractivity contribution in [2.45, 2.75) is 19.3 Å². The van der Waals surface area contributed by atoms with Crippen LogP contribution in [0.25, 0.3) is 87.6 Å². The van der Waals surface area contributed by atoms with Gasteiger partial charge in [0.25, 0.3) is 0 Å². The molecular formula is C49H34. The molecule has 49 heavy (non-hydrogen) atoms. The van der Waals surface area contributed by atoms with E-state index in [1.807, 2.05) is 0 Å². The predicted molar refractivity (Wildman–Crippen MR) is 210 cm³/mol. The van der Waals surface area contributed by atoms with Crippen LogP contribution in [0.15, 0.2) is 170 Å². The van der Waals surface area contributed by atoms with Crippen LogP contribution in [0.2, 0.25) is 0 Å². The Labute approximate surface area is 286 Å². The predicted octanol–water partition coefficient (Wildman–Crippen LogP) is 13.6. The second-order valence-electron chi connectivity index (χ2n) is 14.1. The van der Waals surface area contributed by atoms with Crippen molar-refractivity contribution in [3.05, 3.63) is 181 Å². The van der Waals surface area contributed by atoms with E-state index < -0.39 is 0 Å². The van der Waals surface area contributed by atoms with Gasteiger partial charge in [-0.3, -0.25) is 0 Å². The minimum Gasteiger partial charge on any atom is -0.0622 e. The zero-order valence-corrected chi connectivity index (χ0v) is 27.7. The number of fused-ring (bicyclic) bond motifs is 9. The summed E-state index contributed by atoms with van der Waals surface area (Å²) in [5, 5.41) is 10.3. The molecule has 1 aliphatic rings. The SMILES string of the molecule is CC1(C)c2cc(-c3ccc(-c4c5ccccc5cc5c4ccc4ccccc45)cc3-c3ccccc3)ccc2-c2ccc3ccccc3c21. The molecule has 0 atom stereocenters. The second-order valence-corrected chi connectivity index (χ2v) is 14.1. The van der Waals surface area contributed by atoms with Gasteiger partial charge in [-0.05, 0) is 117 Å². The molecule has 0 saturated heterocycles. The molecule has 0 aromatic heterocycles. The van der Waals surface area contributed by atoms with Gasteiger partial charge in [0.2, 0.25) is 0 Å². The Bertz CT molecular complexity index is 2780. The first kappa shape index (κ1) is 28.1. The molecule has 230 valence electrons. The standard InChI is InChI=1S/C49H34/c1-49(2)46-30-35(22-25-41(46)43-27-21-33-15-7-11-19-40(33)48(43)49)38-24-23-36(29-44(38)31-12-4-3-5-13-31)47-39-18-10-8-16-34(39)28-45-37-17-9-6-14-32(37)20-26-42(45)47/h3-30H,1-2H3. The highest BCUT2D eigenvalue weighted by Gasteiger charge is 2.37. The molecule has 0 N–H and O–H groups in total. The summed E-state index contributed by atoms with van der Waals surface area (Å²) in [6.07, 6.45) is 0. The van der Waals surface area contributed by atoms with Crippen LogP contribution in [0, 0.1) is 0 Å². The Morgan fingerprint density at radius 1 is 0.327 bits per heavy atom. The minimum absolute atomic E-state index is 0.112. The van der Waals surface area contributed by atoms with E-state index in [1.54, 1.807) is 0 Å². The molecule has 0 heteroatoms. The second kappa shape index (κ2) is 10.5. The quantitative estimate of drug-likeness (QED) is 0.136. The first-order valence-corrected chi connectivity index (χ1v) is 17.3. The van der Waals surface area contributed by atoms with Gasteiger partial charge in [0, 0.05) is 5.41 Å². The lowest BCUT2D eigenvalue weighted by molar-refractivity contribution is 0.666. The first-order chi connectivity index (χ1) is 24.1. The Morgan fingerprint density at radius 3 is 1.76 bits per heavy atom. The fourth-order valence-electron chi connectivity index (χ4n) is 8.71. The van der Waals surface area contributed by atoms with Crippen molar-refractivity contribution in [1.29, 1.82) is 0 Å². The molecule has 0 heterocycles. The Balaban J connectivity index is 1.21. The van der Waals surface area contributed by atoms with Gasteiger partial charge in [-0.2, -0.15) is 0 Å². The van der Waals surface area contributed by atoms with E-state index in [4.69, 9.17) is 0 Å². The number of rotatable bonds is 3. The van der Waals surface area contributed by atoms with Crippen molar-refractivity contribution in [1.82, 2.24) is 0 Å². The largest absolute Gasteiger partial charge is 0.0622 e. The summed E-state index contributed by atoms with van der Waals surface area (Å²) in [7, 11) is 0. The van der Waals surface area contributed by atoms with Crippen LogP contribution in [-0.4, -0.2) is 0 Å². The molecule has 0 bridgehead atoms. The highest BCUT2D eigenvalue weighted by Crippen LogP contribution is 2.53. The first-order valence-electron chi connectivity index (χ1n) is 17.3. The lowest BCUT2D eigenvalue weighted by Crippen LogP contribution is -2.15. The maximum atomic E-state index is 2.46. The molecule has 0 aliphatic heterocycles. The van der Waals surface area contributed by atoms with E-state index in [9.17, 15) is 0 Å². The maximum absolute atomic E-state index is 2.46. The van der Waals surface area contributed by atoms with E-state index in [0.717, 1.165) is 0 Å². The van der Waals surface area contributed by atoms with Crippen molar-refractivity contribution in [3.8, 4) is 44.5 Å². The molecule has 0 amide bonds. The highest BCUT2D eigenvalue weighted by atomic mass is 14.4. The van der Waals surface area contributed by atoms with Crippen LogP contribution in [0.4, 0.5) is 0 Å². The molecule has 9 aromatic carbocycles. The van der Waals surface area contributed by atoms with Crippen molar-refractivity contribution >= 4 is 43.1 Å². The van der Waals surface area contributed by atoms with Crippen LogP contribution in [0.3, 0.4) is 0 Å². The number of hydrogen-bond acceptors (Lipinski definition) is 0. The topological polar surface area (TPSA) is 0 Å². The van der Waals surface area contributed by atoms with Gasteiger partial charge in [-0.1, -0.05) is 166 Å². The molecule has 0 radical (unpaired) electrons. The zero-order chi connectivity index (χ0) is 32.7. The van der Waals surface area contributed by atoms with Crippen LogP contribution >= 0.6 is 0 Å².